The Labute approximate surface area is 139 Å². The van der Waals surface area contributed by atoms with Gasteiger partial charge in [-0.15, -0.1) is 10.2 Å². The average Bonchev–Trinajstić information content (AvgIpc) is 3.48. The summed E-state index contributed by atoms with van der Waals surface area (Å²) in [4.78, 5) is 4.76. The molecule has 0 atom stereocenters. The zero-order valence-corrected chi connectivity index (χ0v) is 14.0. The van der Waals surface area contributed by atoms with Crippen molar-refractivity contribution in [2.24, 2.45) is 0 Å². The van der Waals surface area contributed by atoms with E-state index in [4.69, 9.17) is 4.98 Å². The summed E-state index contributed by atoms with van der Waals surface area (Å²) >= 11 is 1.77. The summed E-state index contributed by atoms with van der Waals surface area (Å²) in [5.74, 6) is 2.73. The Hall–Kier alpha value is -1.82. The Kier molecular flexibility index (Phi) is 3.01. The predicted octanol–water partition coefficient (Wildman–Crippen LogP) is 3.74. The molecule has 0 saturated heterocycles. The number of fused-ring (bicyclic) bond motifs is 1. The molecular formula is C17H19N5S. The molecule has 2 aliphatic carbocycles. The summed E-state index contributed by atoms with van der Waals surface area (Å²) < 4.78 is 4.51. The highest BCUT2D eigenvalue weighted by Gasteiger charge is 2.36. The lowest BCUT2D eigenvalue weighted by molar-refractivity contribution is 0.627. The second-order valence-electron chi connectivity index (χ2n) is 6.66. The van der Waals surface area contributed by atoms with Crippen LogP contribution in [0.4, 0.5) is 0 Å². The van der Waals surface area contributed by atoms with Crippen LogP contribution in [0, 0.1) is 6.92 Å². The van der Waals surface area contributed by atoms with Crippen LogP contribution >= 0.6 is 11.8 Å². The molecule has 0 aliphatic heterocycles. The fraction of sp³-hybridized carbons (Fsp3) is 0.471. The van der Waals surface area contributed by atoms with E-state index in [1.54, 1.807) is 11.8 Å². The Morgan fingerprint density at radius 3 is 2.83 bits per heavy atom. The van der Waals surface area contributed by atoms with Gasteiger partial charge in [-0.1, -0.05) is 17.8 Å². The Bertz CT molecular complexity index is 872. The number of nitrogens with zero attached hydrogens (tertiary/aromatic N) is 5. The predicted molar refractivity (Wildman–Crippen MR) is 89.8 cm³/mol. The van der Waals surface area contributed by atoms with Crippen LogP contribution in [0.5, 0.6) is 0 Å². The summed E-state index contributed by atoms with van der Waals surface area (Å²) in [5, 5.41) is 10.0. The second kappa shape index (κ2) is 5.09. The minimum atomic E-state index is 0.645. The van der Waals surface area contributed by atoms with Crippen LogP contribution in [-0.2, 0) is 5.75 Å². The molecule has 0 aromatic carbocycles. The standard InChI is InChI=1S/C17H19N5S/c1-11-3-2-8-21-9-13(18-15(11)21)10-23-17-20-19-16(12-4-5-12)22(17)14-6-7-14/h2-3,8-9,12,14H,4-7,10H2,1H3. The van der Waals surface area contributed by atoms with Crippen molar-refractivity contribution in [1.82, 2.24) is 24.1 Å². The van der Waals surface area contributed by atoms with E-state index in [0.29, 0.717) is 12.0 Å². The lowest BCUT2D eigenvalue weighted by atomic mass is 10.3. The number of pyridine rings is 1. The molecule has 0 bridgehead atoms. The summed E-state index contributed by atoms with van der Waals surface area (Å²) in [6.07, 6.45) is 9.29. The van der Waals surface area contributed by atoms with Gasteiger partial charge in [0.15, 0.2) is 5.16 Å². The molecule has 5 nitrogen and oxygen atoms in total. The lowest BCUT2D eigenvalue weighted by Crippen LogP contribution is -2.01. The molecule has 0 radical (unpaired) electrons. The molecule has 2 aliphatic rings. The normalized spacial score (nSPS) is 18.0. The first kappa shape index (κ1) is 13.6. The molecule has 3 aromatic heterocycles. The first-order chi connectivity index (χ1) is 11.3. The number of rotatable bonds is 5. The van der Waals surface area contributed by atoms with E-state index in [1.165, 1.54) is 37.1 Å². The number of thioether (sulfide) groups is 1. The monoisotopic (exact) mass is 325 g/mol. The molecule has 5 rings (SSSR count). The number of hydrogen-bond donors (Lipinski definition) is 0. The molecule has 2 fully saturated rings. The van der Waals surface area contributed by atoms with Crippen molar-refractivity contribution >= 4 is 17.4 Å². The van der Waals surface area contributed by atoms with E-state index in [1.807, 2.05) is 0 Å². The molecule has 0 N–H and O–H groups in total. The van der Waals surface area contributed by atoms with Crippen LogP contribution in [0.15, 0.2) is 29.7 Å². The summed E-state index contributed by atoms with van der Waals surface area (Å²) in [6.45, 7) is 2.10. The first-order valence-corrected chi connectivity index (χ1v) is 9.29. The van der Waals surface area contributed by atoms with Gasteiger partial charge in [0.1, 0.15) is 11.5 Å². The minimum Gasteiger partial charge on any atom is -0.307 e. The Morgan fingerprint density at radius 1 is 1.22 bits per heavy atom. The molecule has 0 amide bonds. The van der Waals surface area contributed by atoms with E-state index in [0.717, 1.165) is 22.3 Å². The molecule has 3 aromatic rings. The largest absolute Gasteiger partial charge is 0.307 e. The first-order valence-electron chi connectivity index (χ1n) is 8.30. The van der Waals surface area contributed by atoms with E-state index >= 15 is 0 Å². The van der Waals surface area contributed by atoms with Gasteiger partial charge in [0, 0.05) is 30.1 Å². The Balaban J connectivity index is 1.40. The maximum Gasteiger partial charge on any atom is 0.191 e. The van der Waals surface area contributed by atoms with Gasteiger partial charge in [0.05, 0.1) is 5.69 Å². The molecule has 0 spiro atoms. The highest BCUT2D eigenvalue weighted by Crippen LogP contribution is 2.46. The quantitative estimate of drug-likeness (QED) is 0.671. The van der Waals surface area contributed by atoms with Gasteiger partial charge in [0.2, 0.25) is 0 Å². The molecule has 2 saturated carbocycles. The molecule has 3 heterocycles. The van der Waals surface area contributed by atoms with Crippen molar-refractivity contribution in [3.8, 4) is 0 Å². The average molecular weight is 325 g/mol. The van der Waals surface area contributed by atoms with Crippen LogP contribution in [0.1, 0.15) is 54.7 Å². The second-order valence-corrected chi connectivity index (χ2v) is 7.60. The van der Waals surface area contributed by atoms with Crippen molar-refractivity contribution in [3.63, 3.8) is 0 Å². The van der Waals surface area contributed by atoms with Gasteiger partial charge in [-0.3, -0.25) is 0 Å². The van der Waals surface area contributed by atoms with E-state index in [-0.39, 0.29) is 0 Å². The molecule has 6 heteroatoms. The maximum absolute atomic E-state index is 4.76. The van der Waals surface area contributed by atoms with Gasteiger partial charge in [-0.25, -0.2) is 4.98 Å². The molecule has 118 valence electrons. The van der Waals surface area contributed by atoms with Gasteiger partial charge in [-0.05, 0) is 44.2 Å². The van der Waals surface area contributed by atoms with Crippen LogP contribution in [0.2, 0.25) is 0 Å². The number of aryl methyl sites for hydroxylation is 1. The van der Waals surface area contributed by atoms with Crippen LogP contribution in [-0.4, -0.2) is 24.1 Å². The van der Waals surface area contributed by atoms with Crippen LogP contribution < -0.4 is 0 Å². The molecular weight excluding hydrogens is 306 g/mol. The van der Waals surface area contributed by atoms with E-state index < -0.39 is 0 Å². The van der Waals surface area contributed by atoms with E-state index in [2.05, 4.69) is 50.6 Å². The van der Waals surface area contributed by atoms with Gasteiger partial charge in [0.25, 0.3) is 0 Å². The minimum absolute atomic E-state index is 0.645. The van der Waals surface area contributed by atoms with Crippen molar-refractivity contribution in [3.05, 3.63) is 41.6 Å². The summed E-state index contributed by atoms with van der Waals surface area (Å²) in [6, 6.07) is 4.81. The van der Waals surface area contributed by atoms with Gasteiger partial charge in [-0.2, -0.15) is 0 Å². The highest BCUT2D eigenvalue weighted by molar-refractivity contribution is 7.98. The summed E-state index contributed by atoms with van der Waals surface area (Å²) in [7, 11) is 0. The summed E-state index contributed by atoms with van der Waals surface area (Å²) in [5.41, 5.74) is 3.36. The van der Waals surface area contributed by atoms with Crippen molar-refractivity contribution < 1.29 is 0 Å². The third kappa shape index (κ3) is 2.45. The number of aromatic nitrogens is 5. The number of imidazole rings is 1. The third-order valence-corrected chi connectivity index (χ3v) is 5.60. The maximum atomic E-state index is 4.76. The molecule has 0 unspecified atom stereocenters. The smallest absolute Gasteiger partial charge is 0.191 e. The van der Waals surface area contributed by atoms with Crippen molar-refractivity contribution in [2.45, 2.75) is 55.5 Å². The third-order valence-electron chi connectivity index (χ3n) is 4.62. The van der Waals surface area contributed by atoms with Crippen LogP contribution in [0.25, 0.3) is 5.65 Å². The number of hydrogen-bond acceptors (Lipinski definition) is 4. The fourth-order valence-corrected chi connectivity index (χ4v) is 3.99. The SMILES string of the molecule is Cc1cccn2cc(CSc3nnc(C4CC4)n3C3CC3)nc12. The topological polar surface area (TPSA) is 48.0 Å². The van der Waals surface area contributed by atoms with Gasteiger partial charge < -0.3 is 8.97 Å². The van der Waals surface area contributed by atoms with Gasteiger partial charge >= 0.3 is 0 Å². The van der Waals surface area contributed by atoms with E-state index in [9.17, 15) is 0 Å². The zero-order valence-electron chi connectivity index (χ0n) is 13.1. The van der Waals surface area contributed by atoms with Crippen LogP contribution in [0.3, 0.4) is 0 Å². The Morgan fingerprint density at radius 2 is 2.09 bits per heavy atom. The van der Waals surface area contributed by atoms with Crippen molar-refractivity contribution in [2.75, 3.05) is 0 Å². The molecule has 23 heavy (non-hydrogen) atoms. The lowest BCUT2D eigenvalue weighted by Gasteiger charge is -2.07. The zero-order chi connectivity index (χ0) is 15.4. The highest BCUT2D eigenvalue weighted by atomic mass is 32.2. The van der Waals surface area contributed by atoms with Crippen molar-refractivity contribution in [1.29, 1.82) is 0 Å². The fourth-order valence-electron chi connectivity index (χ4n) is 3.10.